The van der Waals surface area contributed by atoms with Crippen molar-refractivity contribution in [1.29, 1.82) is 0 Å². The first-order chi connectivity index (χ1) is 9.37. The molecule has 0 amide bonds. The smallest absolute Gasteiger partial charge is 0.271 e. The van der Waals surface area contributed by atoms with Crippen LogP contribution in [0.25, 0.3) is 0 Å². The summed E-state index contributed by atoms with van der Waals surface area (Å²) in [4.78, 5) is 9.97. The molecule has 20 heavy (non-hydrogen) atoms. The molecule has 0 aromatic heterocycles. The lowest BCUT2D eigenvalue weighted by Crippen LogP contribution is -2.25. The number of ether oxygens (including phenoxy) is 1. The van der Waals surface area contributed by atoms with E-state index < -0.39 is 14.9 Å². The van der Waals surface area contributed by atoms with Crippen molar-refractivity contribution in [2.45, 2.75) is 18.9 Å². The van der Waals surface area contributed by atoms with Gasteiger partial charge >= 0.3 is 0 Å². The molecule has 1 aromatic carbocycles. The van der Waals surface area contributed by atoms with Crippen LogP contribution in [0.4, 0.5) is 11.4 Å². The number of aromatic hydroxyl groups is 1. The second kappa shape index (κ2) is 5.63. The minimum absolute atomic E-state index is 0.211. The van der Waals surface area contributed by atoms with Gasteiger partial charge in [-0.1, -0.05) is 0 Å². The molecule has 0 radical (unpaired) electrons. The number of sulfonamides is 1. The van der Waals surface area contributed by atoms with Crippen molar-refractivity contribution in [2.24, 2.45) is 0 Å². The Morgan fingerprint density at radius 2 is 2.25 bits per heavy atom. The summed E-state index contributed by atoms with van der Waals surface area (Å²) < 4.78 is 31.2. The number of phenols is 1. The average molecular weight is 302 g/mol. The van der Waals surface area contributed by atoms with Gasteiger partial charge in [0.25, 0.3) is 5.69 Å². The van der Waals surface area contributed by atoms with Crippen molar-refractivity contribution < 1.29 is 23.2 Å². The highest BCUT2D eigenvalue weighted by molar-refractivity contribution is 7.92. The largest absolute Gasteiger partial charge is 0.506 e. The molecule has 0 aliphatic carbocycles. The number of nitrogens with one attached hydrogen (secondary N) is 1. The van der Waals surface area contributed by atoms with E-state index in [1.165, 1.54) is 0 Å². The number of non-ortho nitro benzene ring substituents is 1. The SMILES string of the molecule is O=[N+]([O-])c1ccc(O)c(NS(=O)(=O)CC2CCCO2)c1. The summed E-state index contributed by atoms with van der Waals surface area (Å²) in [6.07, 6.45) is 1.08. The van der Waals surface area contributed by atoms with Crippen LogP contribution in [0.3, 0.4) is 0 Å². The molecule has 1 aliphatic rings. The zero-order valence-corrected chi connectivity index (χ0v) is 11.3. The van der Waals surface area contributed by atoms with Crippen LogP contribution in [0.15, 0.2) is 18.2 Å². The second-order valence-corrected chi connectivity index (χ2v) is 6.24. The van der Waals surface area contributed by atoms with Gasteiger partial charge in [-0.05, 0) is 18.9 Å². The van der Waals surface area contributed by atoms with Crippen LogP contribution in [0.2, 0.25) is 0 Å². The van der Waals surface area contributed by atoms with Crippen molar-refractivity contribution in [2.75, 3.05) is 17.1 Å². The van der Waals surface area contributed by atoms with Crippen LogP contribution in [0.5, 0.6) is 5.75 Å². The van der Waals surface area contributed by atoms with Gasteiger partial charge in [0, 0.05) is 18.7 Å². The number of hydrogen-bond donors (Lipinski definition) is 2. The van der Waals surface area contributed by atoms with Gasteiger partial charge in [0.2, 0.25) is 10.0 Å². The molecular formula is C11H14N2O6S. The van der Waals surface area contributed by atoms with Crippen LogP contribution in [0.1, 0.15) is 12.8 Å². The molecule has 1 heterocycles. The highest BCUT2D eigenvalue weighted by atomic mass is 32.2. The lowest BCUT2D eigenvalue weighted by atomic mass is 10.2. The summed E-state index contributed by atoms with van der Waals surface area (Å²) in [6.45, 7) is 0.530. The van der Waals surface area contributed by atoms with E-state index in [1.54, 1.807) is 0 Å². The third-order valence-corrected chi connectivity index (χ3v) is 4.23. The van der Waals surface area contributed by atoms with E-state index >= 15 is 0 Å². The normalized spacial score (nSPS) is 18.9. The van der Waals surface area contributed by atoms with Gasteiger partial charge in [0.15, 0.2) is 0 Å². The van der Waals surface area contributed by atoms with E-state index in [2.05, 4.69) is 4.72 Å². The fraction of sp³-hybridized carbons (Fsp3) is 0.455. The molecule has 1 atom stereocenters. The van der Waals surface area contributed by atoms with E-state index in [9.17, 15) is 23.6 Å². The quantitative estimate of drug-likeness (QED) is 0.479. The van der Waals surface area contributed by atoms with E-state index in [-0.39, 0.29) is 29.0 Å². The molecule has 1 aromatic rings. The van der Waals surface area contributed by atoms with Crippen molar-refractivity contribution in [3.05, 3.63) is 28.3 Å². The molecule has 0 bridgehead atoms. The number of phenolic OH excluding ortho intramolecular Hbond substituents is 1. The molecule has 110 valence electrons. The monoisotopic (exact) mass is 302 g/mol. The first-order valence-electron chi connectivity index (χ1n) is 5.97. The van der Waals surface area contributed by atoms with Gasteiger partial charge in [-0.15, -0.1) is 0 Å². The fourth-order valence-corrected chi connectivity index (χ4v) is 3.28. The molecule has 1 saturated heterocycles. The number of rotatable bonds is 5. The molecule has 1 unspecified atom stereocenters. The summed E-state index contributed by atoms with van der Waals surface area (Å²) in [5.74, 6) is -0.610. The highest BCUT2D eigenvalue weighted by Gasteiger charge is 2.24. The van der Waals surface area contributed by atoms with Gasteiger partial charge in [-0.3, -0.25) is 14.8 Å². The van der Waals surface area contributed by atoms with Gasteiger partial charge in [-0.2, -0.15) is 0 Å². The Kier molecular flexibility index (Phi) is 4.09. The fourth-order valence-electron chi connectivity index (χ4n) is 1.95. The molecule has 9 heteroatoms. The maximum Gasteiger partial charge on any atom is 0.271 e. The Bertz CT molecular complexity index is 609. The third-order valence-electron chi connectivity index (χ3n) is 2.89. The number of nitro benzene ring substituents is 1. The summed E-state index contributed by atoms with van der Waals surface area (Å²) >= 11 is 0. The Balaban J connectivity index is 2.15. The van der Waals surface area contributed by atoms with Gasteiger partial charge in [-0.25, -0.2) is 8.42 Å². The molecular weight excluding hydrogens is 288 g/mol. The summed E-state index contributed by atoms with van der Waals surface area (Å²) in [5, 5.41) is 20.2. The predicted molar refractivity (Wildman–Crippen MR) is 71.1 cm³/mol. The first-order valence-corrected chi connectivity index (χ1v) is 7.62. The number of hydrogen-bond acceptors (Lipinski definition) is 6. The third kappa shape index (κ3) is 3.58. The number of nitrogens with zero attached hydrogens (tertiary/aromatic N) is 1. The maximum atomic E-state index is 11.9. The first kappa shape index (κ1) is 14.5. The Morgan fingerprint density at radius 1 is 1.50 bits per heavy atom. The van der Waals surface area contributed by atoms with Crippen LogP contribution < -0.4 is 4.72 Å². The molecule has 2 rings (SSSR count). The van der Waals surface area contributed by atoms with Crippen molar-refractivity contribution >= 4 is 21.4 Å². The summed E-state index contributed by atoms with van der Waals surface area (Å²) in [5.41, 5.74) is -0.519. The van der Waals surface area contributed by atoms with E-state index in [0.717, 1.165) is 24.6 Å². The molecule has 0 saturated carbocycles. The Labute approximate surface area is 115 Å². The standard InChI is InChI=1S/C11H14N2O6S/c14-11-4-3-8(13(15)16)6-10(11)12-20(17,18)7-9-2-1-5-19-9/h3-4,6,9,12,14H,1-2,5,7H2. The molecule has 0 spiro atoms. The zero-order chi connectivity index (χ0) is 14.8. The lowest BCUT2D eigenvalue weighted by molar-refractivity contribution is -0.384. The van der Waals surface area contributed by atoms with Crippen LogP contribution in [-0.4, -0.2) is 36.9 Å². The van der Waals surface area contributed by atoms with Crippen LogP contribution in [0, 0.1) is 10.1 Å². The second-order valence-electron chi connectivity index (χ2n) is 4.48. The van der Waals surface area contributed by atoms with Crippen LogP contribution >= 0.6 is 0 Å². The Morgan fingerprint density at radius 3 is 2.85 bits per heavy atom. The van der Waals surface area contributed by atoms with Crippen molar-refractivity contribution in [3.8, 4) is 5.75 Å². The highest BCUT2D eigenvalue weighted by Crippen LogP contribution is 2.29. The zero-order valence-electron chi connectivity index (χ0n) is 10.5. The van der Waals surface area contributed by atoms with Gasteiger partial charge < -0.3 is 9.84 Å². The molecule has 2 N–H and O–H groups in total. The summed E-state index contributed by atoms with van der Waals surface area (Å²) in [7, 11) is -3.74. The van der Waals surface area contributed by atoms with Crippen molar-refractivity contribution in [1.82, 2.24) is 0 Å². The average Bonchev–Trinajstić information content (AvgIpc) is 2.83. The van der Waals surface area contributed by atoms with Crippen LogP contribution in [-0.2, 0) is 14.8 Å². The summed E-state index contributed by atoms with van der Waals surface area (Å²) in [6, 6.07) is 3.14. The molecule has 1 fully saturated rings. The van der Waals surface area contributed by atoms with E-state index in [4.69, 9.17) is 4.74 Å². The lowest BCUT2D eigenvalue weighted by Gasteiger charge is -2.12. The van der Waals surface area contributed by atoms with Gasteiger partial charge in [0.1, 0.15) is 5.75 Å². The molecule has 1 aliphatic heterocycles. The molecule has 8 nitrogen and oxygen atoms in total. The maximum absolute atomic E-state index is 11.9. The number of anilines is 1. The Hall–Kier alpha value is -1.87. The minimum Gasteiger partial charge on any atom is -0.506 e. The topological polar surface area (TPSA) is 119 Å². The number of nitro groups is 1. The van der Waals surface area contributed by atoms with E-state index in [0.29, 0.717) is 13.0 Å². The predicted octanol–water partition coefficient (Wildman–Crippen LogP) is 1.22. The van der Waals surface area contributed by atoms with Gasteiger partial charge in [0.05, 0.1) is 22.5 Å². The minimum atomic E-state index is -3.74. The van der Waals surface area contributed by atoms with E-state index in [1.807, 2.05) is 0 Å². The number of benzene rings is 1. The van der Waals surface area contributed by atoms with Crippen molar-refractivity contribution in [3.63, 3.8) is 0 Å².